The van der Waals surface area contributed by atoms with E-state index in [4.69, 9.17) is 5.11 Å². The highest BCUT2D eigenvalue weighted by Gasteiger charge is 2.16. The van der Waals surface area contributed by atoms with Gasteiger partial charge in [0.2, 0.25) is 0 Å². The molecular weight excluding hydrogens is 269 g/mol. The van der Waals surface area contributed by atoms with E-state index in [1.54, 1.807) is 11.0 Å². The molecule has 4 heteroatoms. The molecule has 0 unspecified atom stereocenters. The predicted octanol–water partition coefficient (Wildman–Crippen LogP) is 2.68. The Hall–Kier alpha value is -1.86. The molecule has 0 aliphatic carbocycles. The van der Waals surface area contributed by atoms with Crippen molar-refractivity contribution in [3.63, 3.8) is 0 Å². The molecule has 0 saturated carbocycles. The van der Waals surface area contributed by atoms with Crippen molar-refractivity contribution < 1.29 is 14.3 Å². The standard InChI is InChI=1S/C17H22FNO2/c1-4-19(12-13(2)3)17(21)15-9-8-14(16(18)11-15)7-5-6-10-20/h8-9,11,13,20H,4,6,10,12H2,1-3H3. The molecule has 0 fully saturated rings. The van der Waals surface area contributed by atoms with E-state index in [0.29, 0.717) is 31.0 Å². The Bertz CT molecular complexity index is 543. The van der Waals surface area contributed by atoms with Crippen LogP contribution in [-0.2, 0) is 0 Å². The third-order valence-electron chi connectivity index (χ3n) is 2.93. The number of nitrogens with zero attached hydrogens (tertiary/aromatic N) is 1. The lowest BCUT2D eigenvalue weighted by Gasteiger charge is -2.23. The normalized spacial score (nSPS) is 10.2. The molecule has 0 atom stereocenters. The van der Waals surface area contributed by atoms with Crippen LogP contribution < -0.4 is 0 Å². The summed E-state index contributed by atoms with van der Waals surface area (Å²) in [5.41, 5.74) is 0.578. The van der Waals surface area contributed by atoms with Gasteiger partial charge in [0, 0.05) is 25.1 Å². The summed E-state index contributed by atoms with van der Waals surface area (Å²) in [6, 6.07) is 4.34. The molecule has 21 heavy (non-hydrogen) atoms. The molecule has 0 bridgehead atoms. The topological polar surface area (TPSA) is 40.5 Å². The number of benzene rings is 1. The molecule has 3 nitrogen and oxygen atoms in total. The van der Waals surface area contributed by atoms with Crippen molar-refractivity contribution in [2.24, 2.45) is 5.92 Å². The minimum Gasteiger partial charge on any atom is -0.395 e. The molecule has 0 aliphatic rings. The lowest BCUT2D eigenvalue weighted by atomic mass is 10.1. The molecule has 1 aromatic carbocycles. The highest BCUT2D eigenvalue weighted by molar-refractivity contribution is 5.94. The van der Waals surface area contributed by atoms with Crippen molar-refractivity contribution in [3.8, 4) is 11.8 Å². The highest BCUT2D eigenvalue weighted by Crippen LogP contribution is 2.13. The van der Waals surface area contributed by atoms with Crippen LogP contribution in [0.2, 0.25) is 0 Å². The van der Waals surface area contributed by atoms with Crippen molar-refractivity contribution >= 4 is 5.91 Å². The van der Waals surface area contributed by atoms with Gasteiger partial charge >= 0.3 is 0 Å². The summed E-state index contributed by atoms with van der Waals surface area (Å²) in [7, 11) is 0. The molecule has 0 saturated heterocycles. The number of hydrogen-bond donors (Lipinski definition) is 1. The fraction of sp³-hybridized carbons (Fsp3) is 0.471. The van der Waals surface area contributed by atoms with Gasteiger partial charge in [0.25, 0.3) is 5.91 Å². The SMILES string of the molecule is CCN(CC(C)C)C(=O)c1ccc(C#CCCO)c(F)c1. The van der Waals surface area contributed by atoms with Gasteiger partial charge in [0.1, 0.15) is 5.82 Å². The minimum absolute atomic E-state index is 0.0498. The van der Waals surface area contributed by atoms with E-state index in [2.05, 4.69) is 11.8 Å². The number of rotatable bonds is 5. The van der Waals surface area contributed by atoms with Gasteiger partial charge in [-0.2, -0.15) is 0 Å². The maximum atomic E-state index is 13.9. The molecule has 0 radical (unpaired) electrons. The van der Waals surface area contributed by atoms with E-state index < -0.39 is 5.82 Å². The Balaban J connectivity index is 2.92. The lowest BCUT2D eigenvalue weighted by Crippen LogP contribution is -2.34. The maximum Gasteiger partial charge on any atom is 0.253 e. The monoisotopic (exact) mass is 291 g/mol. The van der Waals surface area contributed by atoms with Crippen LogP contribution in [0.15, 0.2) is 18.2 Å². The first kappa shape index (κ1) is 17.2. The molecule has 1 N–H and O–H groups in total. The first-order chi connectivity index (χ1) is 9.99. The van der Waals surface area contributed by atoms with E-state index in [0.717, 1.165) is 0 Å². The Kier molecular flexibility index (Phi) is 6.90. The second-order valence-corrected chi connectivity index (χ2v) is 5.21. The lowest BCUT2D eigenvalue weighted by molar-refractivity contribution is 0.0745. The fourth-order valence-electron chi connectivity index (χ4n) is 1.94. The predicted molar refractivity (Wildman–Crippen MR) is 81.4 cm³/mol. The van der Waals surface area contributed by atoms with E-state index >= 15 is 0 Å². The molecule has 1 aromatic rings. The summed E-state index contributed by atoms with van der Waals surface area (Å²) in [5.74, 6) is 5.00. The Labute approximate surface area is 125 Å². The number of aliphatic hydroxyl groups is 1. The zero-order valence-corrected chi connectivity index (χ0v) is 12.8. The number of carbonyl (C=O) groups is 1. The second kappa shape index (κ2) is 8.43. The third-order valence-corrected chi connectivity index (χ3v) is 2.93. The quantitative estimate of drug-likeness (QED) is 0.847. The maximum absolute atomic E-state index is 13.9. The third kappa shape index (κ3) is 5.20. The molecular formula is C17H22FNO2. The smallest absolute Gasteiger partial charge is 0.253 e. The van der Waals surface area contributed by atoms with Crippen LogP contribution in [-0.4, -0.2) is 35.6 Å². The van der Waals surface area contributed by atoms with Gasteiger partial charge < -0.3 is 10.0 Å². The number of halogens is 1. The van der Waals surface area contributed by atoms with E-state index in [-0.39, 0.29) is 18.1 Å². The summed E-state index contributed by atoms with van der Waals surface area (Å²) >= 11 is 0. The van der Waals surface area contributed by atoms with Gasteiger partial charge in [-0.15, -0.1) is 0 Å². The van der Waals surface area contributed by atoms with Gasteiger partial charge in [-0.1, -0.05) is 25.7 Å². The zero-order chi connectivity index (χ0) is 15.8. The van der Waals surface area contributed by atoms with Crippen molar-refractivity contribution in [2.75, 3.05) is 19.7 Å². The van der Waals surface area contributed by atoms with Crippen LogP contribution in [0, 0.1) is 23.6 Å². The van der Waals surface area contributed by atoms with E-state index in [1.807, 2.05) is 20.8 Å². The van der Waals surface area contributed by atoms with Gasteiger partial charge in [0.15, 0.2) is 0 Å². The zero-order valence-electron chi connectivity index (χ0n) is 12.8. The minimum atomic E-state index is -0.508. The van der Waals surface area contributed by atoms with Crippen LogP contribution in [0.3, 0.4) is 0 Å². The largest absolute Gasteiger partial charge is 0.395 e. The van der Waals surface area contributed by atoms with Crippen molar-refractivity contribution in [2.45, 2.75) is 27.2 Å². The van der Waals surface area contributed by atoms with Crippen molar-refractivity contribution in [1.82, 2.24) is 4.90 Å². The van der Waals surface area contributed by atoms with E-state index in [1.165, 1.54) is 12.1 Å². The van der Waals surface area contributed by atoms with Gasteiger partial charge in [-0.3, -0.25) is 4.79 Å². The summed E-state index contributed by atoms with van der Waals surface area (Å²) in [6.45, 7) is 7.18. The van der Waals surface area contributed by atoms with Gasteiger partial charge in [-0.05, 0) is 31.0 Å². The molecule has 1 amide bonds. The Morgan fingerprint density at radius 2 is 2.14 bits per heavy atom. The number of hydrogen-bond acceptors (Lipinski definition) is 2. The summed E-state index contributed by atoms with van der Waals surface area (Å²) in [5, 5.41) is 8.64. The van der Waals surface area contributed by atoms with Crippen LogP contribution in [0.5, 0.6) is 0 Å². The van der Waals surface area contributed by atoms with Crippen molar-refractivity contribution in [1.29, 1.82) is 0 Å². The second-order valence-electron chi connectivity index (χ2n) is 5.21. The van der Waals surface area contributed by atoms with Crippen LogP contribution in [0.1, 0.15) is 43.1 Å². The summed E-state index contributed by atoms with van der Waals surface area (Å²) < 4.78 is 13.9. The average molecular weight is 291 g/mol. The first-order valence-corrected chi connectivity index (χ1v) is 7.18. The first-order valence-electron chi connectivity index (χ1n) is 7.18. The molecule has 0 aliphatic heterocycles. The summed E-state index contributed by atoms with van der Waals surface area (Å²) in [4.78, 5) is 14.0. The van der Waals surface area contributed by atoms with Crippen molar-refractivity contribution in [3.05, 3.63) is 35.1 Å². The van der Waals surface area contributed by atoms with Crippen LogP contribution >= 0.6 is 0 Å². The summed E-state index contributed by atoms with van der Waals surface area (Å²) in [6.07, 6.45) is 0.304. The van der Waals surface area contributed by atoms with Gasteiger partial charge in [-0.25, -0.2) is 4.39 Å². The van der Waals surface area contributed by atoms with Gasteiger partial charge in [0.05, 0.1) is 12.2 Å². The fourth-order valence-corrected chi connectivity index (χ4v) is 1.94. The molecule has 0 heterocycles. The highest BCUT2D eigenvalue weighted by atomic mass is 19.1. The molecule has 114 valence electrons. The Morgan fingerprint density at radius 1 is 1.43 bits per heavy atom. The number of amides is 1. The van der Waals surface area contributed by atoms with E-state index in [9.17, 15) is 9.18 Å². The molecule has 1 rings (SSSR count). The average Bonchev–Trinajstić information content (AvgIpc) is 2.45. The van der Waals surface area contributed by atoms with Crippen LogP contribution in [0.4, 0.5) is 4.39 Å². The molecule has 0 aromatic heterocycles. The number of aliphatic hydroxyl groups excluding tert-OH is 1. The Morgan fingerprint density at radius 3 is 2.67 bits per heavy atom. The molecule has 0 spiro atoms. The number of carbonyl (C=O) groups excluding carboxylic acids is 1. The van der Waals surface area contributed by atoms with Crippen LogP contribution in [0.25, 0.3) is 0 Å².